The van der Waals surface area contributed by atoms with Crippen LogP contribution in [0.15, 0.2) is 0 Å². The molecule has 1 N–H and O–H groups in total. The van der Waals surface area contributed by atoms with Crippen molar-refractivity contribution < 1.29 is 14.6 Å². The maximum atomic E-state index is 8.93. The van der Waals surface area contributed by atoms with Crippen molar-refractivity contribution in [2.75, 3.05) is 13.2 Å². The van der Waals surface area contributed by atoms with Crippen molar-refractivity contribution in [3.05, 3.63) is 0 Å². The maximum Gasteiger partial charge on any atom is 0.154 e. The number of hydrogen-bond acceptors (Lipinski definition) is 3. The first-order valence-electron chi connectivity index (χ1n) is 3.67. The molecule has 2 atom stereocenters. The van der Waals surface area contributed by atoms with E-state index in [-0.39, 0.29) is 6.10 Å². The number of rotatable bonds is 2. The molecule has 0 aromatic heterocycles. The van der Waals surface area contributed by atoms with Crippen molar-refractivity contribution >= 4 is 0 Å². The van der Waals surface area contributed by atoms with Crippen LogP contribution in [0.2, 0.25) is 0 Å². The Morgan fingerprint density at radius 3 is 3.00 bits per heavy atom. The van der Waals surface area contributed by atoms with E-state index in [4.69, 9.17) is 21.0 Å². The normalized spacial score (nSPS) is 31.3. The van der Waals surface area contributed by atoms with Gasteiger partial charge in [0.05, 0.1) is 12.7 Å². The highest BCUT2D eigenvalue weighted by atomic mass is 16.6. The molecule has 1 fully saturated rings. The van der Waals surface area contributed by atoms with E-state index >= 15 is 0 Å². The van der Waals surface area contributed by atoms with Crippen molar-refractivity contribution in [1.82, 2.24) is 0 Å². The summed E-state index contributed by atoms with van der Waals surface area (Å²) in [5.41, 5.74) is 0. The predicted octanol–water partition coefficient (Wildman–Crippen LogP) is 0.134. The van der Waals surface area contributed by atoms with Gasteiger partial charge in [-0.2, -0.15) is 0 Å². The van der Waals surface area contributed by atoms with Crippen LogP contribution in [0.5, 0.6) is 0 Å². The van der Waals surface area contributed by atoms with Crippen LogP contribution in [-0.2, 0) is 9.47 Å². The van der Waals surface area contributed by atoms with Crippen molar-refractivity contribution in [2.45, 2.75) is 25.2 Å². The minimum absolute atomic E-state index is 0.0643. The Balaban J connectivity index is 2.13. The largest absolute Gasteiger partial charge is 0.368 e. The highest BCUT2D eigenvalue weighted by Crippen LogP contribution is 2.13. The van der Waals surface area contributed by atoms with Gasteiger partial charge in [0.1, 0.15) is 6.61 Å². The molecule has 1 heterocycles. The fourth-order valence-electron chi connectivity index (χ4n) is 1.01. The van der Waals surface area contributed by atoms with Gasteiger partial charge in [-0.05, 0) is 6.42 Å². The Labute approximate surface area is 66.3 Å². The average Bonchev–Trinajstić information content (AvgIpc) is 2.04. The summed E-state index contributed by atoms with van der Waals surface area (Å²) in [4.78, 5) is 0. The third-order valence-electron chi connectivity index (χ3n) is 1.61. The Bertz CT molecular complexity index is 142. The lowest BCUT2D eigenvalue weighted by atomic mass is 10.1. The predicted molar refractivity (Wildman–Crippen MR) is 39.8 cm³/mol. The van der Waals surface area contributed by atoms with Gasteiger partial charge in [0, 0.05) is 6.42 Å². The Morgan fingerprint density at radius 1 is 1.64 bits per heavy atom. The first kappa shape index (κ1) is 8.54. The molecule has 0 unspecified atom stereocenters. The van der Waals surface area contributed by atoms with Gasteiger partial charge in [-0.3, -0.25) is 0 Å². The third kappa shape index (κ3) is 2.89. The second kappa shape index (κ2) is 4.35. The van der Waals surface area contributed by atoms with Gasteiger partial charge < -0.3 is 14.6 Å². The average molecular weight is 156 g/mol. The molecule has 0 amide bonds. The molecule has 0 radical (unpaired) electrons. The second-order valence-electron chi connectivity index (χ2n) is 2.50. The summed E-state index contributed by atoms with van der Waals surface area (Å²) >= 11 is 0. The van der Waals surface area contributed by atoms with Gasteiger partial charge in [-0.25, -0.2) is 0 Å². The lowest BCUT2D eigenvalue weighted by molar-refractivity contribution is -0.164. The number of aliphatic hydroxyl groups is 1. The van der Waals surface area contributed by atoms with E-state index in [9.17, 15) is 0 Å². The fourth-order valence-corrected chi connectivity index (χ4v) is 1.01. The smallest absolute Gasteiger partial charge is 0.154 e. The van der Waals surface area contributed by atoms with Crippen molar-refractivity contribution in [1.29, 1.82) is 0 Å². The van der Waals surface area contributed by atoms with Crippen molar-refractivity contribution in [3.8, 4) is 12.3 Å². The minimum Gasteiger partial charge on any atom is -0.368 e. The van der Waals surface area contributed by atoms with Crippen LogP contribution >= 0.6 is 0 Å². The Kier molecular flexibility index (Phi) is 3.37. The van der Waals surface area contributed by atoms with Crippen molar-refractivity contribution in [2.24, 2.45) is 0 Å². The lowest BCUT2D eigenvalue weighted by Crippen LogP contribution is -2.31. The van der Waals surface area contributed by atoms with Crippen LogP contribution < -0.4 is 0 Å². The van der Waals surface area contributed by atoms with E-state index in [1.54, 1.807) is 0 Å². The molecule has 62 valence electrons. The number of terminal acetylenes is 1. The molecular formula is C8H12O3. The summed E-state index contributed by atoms with van der Waals surface area (Å²) in [5, 5.41) is 8.93. The summed E-state index contributed by atoms with van der Waals surface area (Å²) in [6.45, 7) is 0.771. The Morgan fingerprint density at radius 2 is 2.45 bits per heavy atom. The zero-order valence-corrected chi connectivity index (χ0v) is 6.32. The summed E-state index contributed by atoms with van der Waals surface area (Å²) in [6, 6.07) is 0. The van der Waals surface area contributed by atoms with Crippen LogP contribution in [0.3, 0.4) is 0 Å². The standard InChI is InChI=1S/C8H12O3/c1-2-5-10-7-3-4-8(9)11-6-7/h1,7-9H,3-6H2/t7-,8-/m0/s1. The molecule has 0 aromatic rings. The number of hydrogen-bond donors (Lipinski definition) is 1. The molecule has 1 rings (SSSR count). The van der Waals surface area contributed by atoms with Crippen LogP contribution in [0, 0.1) is 12.3 Å². The summed E-state index contributed by atoms with van der Waals surface area (Å²) in [6.07, 6.45) is 5.92. The van der Waals surface area contributed by atoms with Gasteiger partial charge in [-0.1, -0.05) is 5.92 Å². The monoisotopic (exact) mass is 156 g/mol. The lowest BCUT2D eigenvalue weighted by Gasteiger charge is -2.25. The van der Waals surface area contributed by atoms with Gasteiger partial charge in [-0.15, -0.1) is 6.42 Å². The molecule has 3 heteroatoms. The van der Waals surface area contributed by atoms with Crippen LogP contribution in [0.4, 0.5) is 0 Å². The molecule has 0 aliphatic carbocycles. The highest BCUT2D eigenvalue weighted by Gasteiger charge is 2.19. The van der Waals surface area contributed by atoms with Crippen LogP contribution in [0.25, 0.3) is 0 Å². The molecule has 1 aliphatic heterocycles. The molecule has 1 saturated heterocycles. The van der Waals surface area contributed by atoms with E-state index in [1.807, 2.05) is 0 Å². The van der Waals surface area contributed by atoms with E-state index in [0.717, 1.165) is 6.42 Å². The zero-order valence-electron chi connectivity index (χ0n) is 6.32. The minimum atomic E-state index is -0.610. The first-order chi connectivity index (χ1) is 5.33. The SMILES string of the molecule is C#CCO[C@H]1CC[C@@H](O)OC1. The topological polar surface area (TPSA) is 38.7 Å². The highest BCUT2D eigenvalue weighted by molar-refractivity contribution is 4.83. The van der Waals surface area contributed by atoms with E-state index in [1.165, 1.54) is 0 Å². The molecule has 0 spiro atoms. The number of aliphatic hydroxyl groups excluding tert-OH is 1. The molecule has 3 nitrogen and oxygen atoms in total. The van der Waals surface area contributed by atoms with Gasteiger partial charge in [0.15, 0.2) is 6.29 Å². The van der Waals surface area contributed by atoms with Crippen LogP contribution in [-0.4, -0.2) is 30.7 Å². The maximum absolute atomic E-state index is 8.93. The molecule has 11 heavy (non-hydrogen) atoms. The van der Waals surface area contributed by atoms with Gasteiger partial charge in [0.25, 0.3) is 0 Å². The molecule has 0 aromatic carbocycles. The van der Waals surface area contributed by atoms with Gasteiger partial charge in [0.2, 0.25) is 0 Å². The van der Waals surface area contributed by atoms with Crippen LogP contribution in [0.1, 0.15) is 12.8 Å². The van der Waals surface area contributed by atoms with Gasteiger partial charge >= 0.3 is 0 Å². The van der Waals surface area contributed by atoms with E-state index in [0.29, 0.717) is 19.6 Å². The Hall–Kier alpha value is -0.560. The number of ether oxygens (including phenoxy) is 2. The van der Waals surface area contributed by atoms with E-state index in [2.05, 4.69) is 5.92 Å². The summed E-state index contributed by atoms with van der Waals surface area (Å²) in [7, 11) is 0. The van der Waals surface area contributed by atoms with E-state index < -0.39 is 6.29 Å². The molecule has 0 bridgehead atoms. The third-order valence-corrected chi connectivity index (χ3v) is 1.61. The molecular weight excluding hydrogens is 144 g/mol. The van der Waals surface area contributed by atoms with Crippen molar-refractivity contribution in [3.63, 3.8) is 0 Å². The summed E-state index contributed by atoms with van der Waals surface area (Å²) in [5.74, 6) is 2.39. The fraction of sp³-hybridized carbons (Fsp3) is 0.750. The second-order valence-corrected chi connectivity index (χ2v) is 2.50. The summed E-state index contributed by atoms with van der Waals surface area (Å²) < 4.78 is 10.2. The zero-order chi connectivity index (χ0) is 8.10. The quantitative estimate of drug-likeness (QED) is 0.578. The molecule has 1 aliphatic rings. The molecule has 0 saturated carbocycles. The first-order valence-corrected chi connectivity index (χ1v) is 3.67.